The van der Waals surface area contributed by atoms with Crippen LogP contribution >= 0.6 is 22.9 Å². The first kappa shape index (κ1) is 26.2. The Morgan fingerprint density at radius 1 is 1.17 bits per heavy atom. The number of nitrogens with one attached hydrogen (secondary N) is 2. The fraction of sp³-hybridized carbons (Fsp3) is 0.500. The van der Waals surface area contributed by atoms with Crippen molar-refractivity contribution in [3.05, 3.63) is 41.0 Å². The van der Waals surface area contributed by atoms with E-state index in [0.29, 0.717) is 23.1 Å². The van der Waals surface area contributed by atoms with Gasteiger partial charge < -0.3 is 15.1 Å². The highest BCUT2D eigenvalue weighted by Gasteiger charge is 2.15. The minimum Gasteiger partial charge on any atom is -0.354 e. The molecule has 0 unspecified atom stereocenters. The van der Waals surface area contributed by atoms with Gasteiger partial charge in [0.1, 0.15) is 5.69 Å². The summed E-state index contributed by atoms with van der Waals surface area (Å²) in [5.41, 5.74) is 1.62. The van der Waals surface area contributed by atoms with E-state index in [2.05, 4.69) is 42.9 Å². The third-order valence-corrected chi connectivity index (χ3v) is 8.97. The molecule has 0 atom stereocenters. The molecule has 0 bridgehead atoms. The molecule has 190 valence electrons. The van der Waals surface area contributed by atoms with Crippen LogP contribution in [0.4, 0.5) is 5.95 Å². The molecular formula is C24H33ClN6O2S2. The number of sulfonamides is 1. The van der Waals surface area contributed by atoms with Gasteiger partial charge in [-0.15, -0.1) is 11.3 Å². The molecule has 0 radical (unpaired) electrons. The van der Waals surface area contributed by atoms with E-state index in [0.717, 1.165) is 66.2 Å². The quantitative estimate of drug-likeness (QED) is 0.359. The molecule has 2 N–H and O–H groups in total. The summed E-state index contributed by atoms with van der Waals surface area (Å²) >= 11 is 8.05. The molecule has 0 saturated carbocycles. The van der Waals surface area contributed by atoms with Gasteiger partial charge in [-0.05, 0) is 49.5 Å². The van der Waals surface area contributed by atoms with Crippen LogP contribution in [0.5, 0.6) is 0 Å². The van der Waals surface area contributed by atoms with Gasteiger partial charge in [0.15, 0.2) is 0 Å². The number of aromatic nitrogens is 2. The third kappa shape index (κ3) is 7.34. The van der Waals surface area contributed by atoms with Crippen molar-refractivity contribution >= 4 is 49.0 Å². The Hall–Kier alpha value is -1.82. The number of rotatable bonds is 11. The van der Waals surface area contributed by atoms with Gasteiger partial charge in [-0.25, -0.2) is 23.1 Å². The van der Waals surface area contributed by atoms with Crippen molar-refractivity contribution in [1.82, 2.24) is 24.5 Å². The number of nitrogens with zero attached hydrogens (tertiary/aromatic N) is 4. The molecule has 0 spiro atoms. The summed E-state index contributed by atoms with van der Waals surface area (Å²) in [6, 6.07) is 8.04. The van der Waals surface area contributed by atoms with Gasteiger partial charge in [0.05, 0.1) is 21.8 Å². The highest BCUT2D eigenvalue weighted by Crippen LogP contribution is 2.36. The first-order chi connectivity index (χ1) is 16.8. The van der Waals surface area contributed by atoms with Crippen LogP contribution in [0.25, 0.3) is 20.7 Å². The van der Waals surface area contributed by atoms with Crippen LogP contribution < -0.4 is 10.0 Å². The van der Waals surface area contributed by atoms with Crippen LogP contribution in [0.1, 0.15) is 25.3 Å². The van der Waals surface area contributed by atoms with Gasteiger partial charge in [-0.1, -0.05) is 30.7 Å². The van der Waals surface area contributed by atoms with Crippen LogP contribution in [0, 0.1) is 0 Å². The summed E-state index contributed by atoms with van der Waals surface area (Å²) in [4.78, 5) is 14.9. The fourth-order valence-corrected chi connectivity index (χ4v) is 6.48. The first-order valence-electron chi connectivity index (χ1n) is 12.0. The summed E-state index contributed by atoms with van der Waals surface area (Å²) in [5, 5.41) is 4.91. The Bertz CT molecular complexity index is 1240. The van der Waals surface area contributed by atoms with Crippen LogP contribution in [0.3, 0.4) is 0 Å². The minimum atomic E-state index is -3.24. The second-order valence-electron chi connectivity index (χ2n) is 8.94. The summed E-state index contributed by atoms with van der Waals surface area (Å²) in [5.74, 6) is 0.711. The third-order valence-electron chi connectivity index (χ3n) is 6.06. The van der Waals surface area contributed by atoms with Crippen molar-refractivity contribution in [2.24, 2.45) is 0 Å². The predicted molar refractivity (Wildman–Crippen MR) is 146 cm³/mol. The van der Waals surface area contributed by atoms with Gasteiger partial charge in [-0.2, -0.15) is 0 Å². The lowest BCUT2D eigenvalue weighted by Gasteiger charge is -2.32. The number of piperazine rings is 1. The van der Waals surface area contributed by atoms with E-state index in [4.69, 9.17) is 11.6 Å². The van der Waals surface area contributed by atoms with Crippen molar-refractivity contribution in [3.63, 3.8) is 0 Å². The smallest absolute Gasteiger partial charge is 0.223 e. The number of anilines is 1. The Labute approximate surface area is 216 Å². The average molecular weight is 537 g/mol. The van der Waals surface area contributed by atoms with E-state index in [1.807, 2.05) is 25.1 Å². The number of halogens is 1. The van der Waals surface area contributed by atoms with Crippen molar-refractivity contribution in [1.29, 1.82) is 0 Å². The van der Waals surface area contributed by atoms with Gasteiger partial charge >= 0.3 is 0 Å². The second-order valence-corrected chi connectivity index (χ2v) is 12.4. The Balaban J connectivity index is 1.39. The lowest BCUT2D eigenvalue weighted by molar-refractivity contribution is 0.154. The molecule has 1 aliphatic heterocycles. The van der Waals surface area contributed by atoms with Crippen molar-refractivity contribution in [2.45, 2.75) is 26.3 Å². The summed E-state index contributed by atoms with van der Waals surface area (Å²) in [6.07, 6.45) is 3.26. The second kappa shape index (κ2) is 11.9. The maximum atomic E-state index is 12.0. The van der Waals surface area contributed by atoms with E-state index in [9.17, 15) is 8.42 Å². The summed E-state index contributed by atoms with van der Waals surface area (Å²) < 4.78 is 27.7. The Morgan fingerprint density at radius 3 is 2.74 bits per heavy atom. The maximum Gasteiger partial charge on any atom is 0.223 e. The van der Waals surface area contributed by atoms with E-state index in [-0.39, 0.29) is 12.3 Å². The Morgan fingerprint density at radius 2 is 1.97 bits per heavy atom. The number of thiophene rings is 1. The van der Waals surface area contributed by atoms with E-state index >= 15 is 0 Å². The molecule has 35 heavy (non-hydrogen) atoms. The summed E-state index contributed by atoms with van der Waals surface area (Å²) in [7, 11) is -1.07. The van der Waals surface area contributed by atoms with Gasteiger partial charge in [0, 0.05) is 44.0 Å². The molecule has 3 aromatic rings. The molecule has 0 amide bonds. The molecular weight excluding hydrogens is 504 g/mol. The zero-order valence-corrected chi connectivity index (χ0v) is 22.6. The lowest BCUT2D eigenvalue weighted by atomic mass is 10.1. The molecule has 0 aliphatic carbocycles. The van der Waals surface area contributed by atoms with Crippen LogP contribution in [-0.4, -0.2) is 80.3 Å². The number of hydrogen-bond donors (Lipinski definition) is 2. The number of fused-ring (bicyclic) bond motifs is 1. The molecule has 1 aromatic carbocycles. The molecule has 4 rings (SSSR count). The van der Waals surface area contributed by atoms with Gasteiger partial charge in [0.25, 0.3) is 0 Å². The molecule has 3 heterocycles. The number of benzene rings is 1. The molecule has 1 fully saturated rings. The number of likely N-dealkylation sites (N-methyl/N-ethyl adjacent to an activating group) is 1. The van der Waals surface area contributed by atoms with Crippen molar-refractivity contribution in [2.75, 3.05) is 57.4 Å². The zero-order chi connectivity index (χ0) is 24.8. The number of hydrogen-bond acceptors (Lipinski definition) is 8. The minimum absolute atomic E-state index is 0.136. The van der Waals surface area contributed by atoms with Crippen LogP contribution in [-0.2, 0) is 16.6 Å². The highest BCUT2D eigenvalue weighted by molar-refractivity contribution is 7.89. The lowest BCUT2D eigenvalue weighted by Crippen LogP contribution is -2.44. The molecule has 2 aromatic heterocycles. The topological polar surface area (TPSA) is 90.5 Å². The molecule has 11 heteroatoms. The molecule has 8 nitrogen and oxygen atoms in total. The van der Waals surface area contributed by atoms with E-state index < -0.39 is 10.0 Å². The highest BCUT2D eigenvalue weighted by atomic mass is 35.5. The van der Waals surface area contributed by atoms with Crippen molar-refractivity contribution in [3.8, 4) is 10.6 Å². The fourth-order valence-electron chi connectivity index (χ4n) is 4.04. The predicted octanol–water partition coefficient (Wildman–Crippen LogP) is 3.89. The van der Waals surface area contributed by atoms with Gasteiger partial charge in [0.2, 0.25) is 16.0 Å². The SMILES string of the molecule is CCCS(=O)(=O)NCc1ccc2cc(-c3nc(NCCCN4CCN(C)CC4)ncc3Cl)sc2c1. The van der Waals surface area contributed by atoms with Gasteiger partial charge in [-0.3, -0.25) is 0 Å². The normalized spacial score (nSPS) is 15.6. The monoisotopic (exact) mass is 536 g/mol. The Kier molecular flexibility index (Phi) is 8.96. The molecule has 1 saturated heterocycles. The average Bonchev–Trinajstić information content (AvgIpc) is 3.26. The zero-order valence-electron chi connectivity index (χ0n) is 20.3. The largest absolute Gasteiger partial charge is 0.354 e. The van der Waals surface area contributed by atoms with E-state index in [1.54, 1.807) is 17.5 Å². The first-order valence-corrected chi connectivity index (χ1v) is 14.8. The standard InChI is InChI=1S/C24H33ClN6O2S2/c1-3-13-35(32,33)28-16-18-5-6-19-15-22(34-21(19)14-18)23-20(25)17-27-24(29-23)26-7-4-8-31-11-9-30(2)10-12-31/h5-6,14-15,17,28H,3-4,7-13,16H2,1-2H3,(H,26,27,29). The maximum absolute atomic E-state index is 12.0. The summed E-state index contributed by atoms with van der Waals surface area (Å²) in [6.45, 7) is 8.50. The van der Waals surface area contributed by atoms with Crippen molar-refractivity contribution < 1.29 is 8.42 Å². The van der Waals surface area contributed by atoms with E-state index in [1.165, 1.54) is 0 Å². The molecule has 1 aliphatic rings. The van der Waals surface area contributed by atoms with Crippen LogP contribution in [0.2, 0.25) is 5.02 Å². The van der Waals surface area contributed by atoms with Crippen LogP contribution in [0.15, 0.2) is 30.5 Å².